The summed E-state index contributed by atoms with van der Waals surface area (Å²) >= 11 is 9.11. The first-order valence-electron chi connectivity index (χ1n) is 6.14. The van der Waals surface area contributed by atoms with Crippen LogP contribution in [0, 0.1) is 0 Å². The predicted molar refractivity (Wildman–Crippen MR) is 82.8 cm³/mol. The molecule has 0 bridgehead atoms. The lowest BCUT2D eigenvalue weighted by Crippen LogP contribution is -2.09. The maximum atomic E-state index is 6.03. The van der Waals surface area contributed by atoms with Crippen molar-refractivity contribution in [2.75, 3.05) is 5.32 Å². The van der Waals surface area contributed by atoms with E-state index in [9.17, 15) is 0 Å². The third-order valence-corrected chi connectivity index (χ3v) is 5.04. The molecule has 0 spiro atoms. The van der Waals surface area contributed by atoms with Crippen molar-refractivity contribution < 1.29 is 4.42 Å². The second kappa shape index (κ2) is 5.95. The first-order chi connectivity index (χ1) is 9.76. The highest BCUT2D eigenvalue weighted by Crippen LogP contribution is 2.34. The molecule has 0 aliphatic rings. The quantitative estimate of drug-likeness (QED) is 0.744. The minimum atomic E-state index is -0.0971. The van der Waals surface area contributed by atoms with Gasteiger partial charge < -0.3 is 9.73 Å². The van der Waals surface area contributed by atoms with Gasteiger partial charge in [0.05, 0.1) is 10.6 Å². The molecule has 0 saturated carbocycles. The van der Waals surface area contributed by atoms with Crippen molar-refractivity contribution in [1.29, 1.82) is 0 Å². The summed E-state index contributed by atoms with van der Waals surface area (Å²) in [4.78, 5) is 1.08. The summed E-state index contributed by atoms with van der Waals surface area (Å²) in [6.07, 6.45) is 2.55. The molecule has 3 heterocycles. The lowest BCUT2D eigenvalue weighted by Gasteiger charge is -2.13. The standard InChI is InChI=1S/C13H12ClN3OS2/c1-2-11-16-17-13(20-11)15-12(8-4-3-7-18-8)9-5-6-10(14)19-9/h3-7,12H,2H2,1H3,(H,15,17). The molecule has 7 heteroatoms. The number of nitrogens with zero attached hydrogens (tertiary/aromatic N) is 2. The number of rotatable bonds is 5. The molecule has 0 amide bonds. The largest absolute Gasteiger partial charge is 0.467 e. The molecule has 0 fully saturated rings. The minimum absolute atomic E-state index is 0.0971. The summed E-state index contributed by atoms with van der Waals surface area (Å²) < 4.78 is 6.28. The highest BCUT2D eigenvalue weighted by molar-refractivity contribution is 7.16. The minimum Gasteiger partial charge on any atom is -0.467 e. The van der Waals surface area contributed by atoms with Gasteiger partial charge in [0, 0.05) is 4.88 Å². The van der Waals surface area contributed by atoms with Crippen molar-refractivity contribution in [1.82, 2.24) is 10.2 Å². The number of nitrogens with one attached hydrogen (secondary N) is 1. The summed E-state index contributed by atoms with van der Waals surface area (Å²) in [5.41, 5.74) is 0. The number of anilines is 1. The van der Waals surface area contributed by atoms with Crippen LogP contribution in [0.25, 0.3) is 0 Å². The highest BCUT2D eigenvalue weighted by atomic mass is 35.5. The van der Waals surface area contributed by atoms with Gasteiger partial charge in [-0.1, -0.05) is 29.9 Å². The molecule has 3 aromatic heterocycles. The van der Waals surface area contributed by atoms with Gasteiger partial charge in [-0.3, -0.25) is 0 Å². The Balaban J connectivity index is 1.90. The van der Waals surface area contributed by atoms with Crippen LogP contribution in [-0.2, 0) is 6.42 Å². The van der Waals surface area contributed by atoms with E-state index >= 15 is 0 Å². The van der Waals surface area contributed by atoms with Crippen molar-refractivity contribution in [2.45, 2.75) is 19.4 Å². The summed E-state index contributed by atoms with van der Waals surface area (Å²) in [6, 6.07) is 7.59. The molecule has 0 saturated heterocycles. The molecule has 1 atom stereocenters. The Morgan fingerprint density at radius 3 is 2.80 bits per heavy atom. The summed E-state index contributed by atoms with van der Waals surface area (Å²) in [7, 11) is 0. The van der Waals surface area contributed by atoms with E-state index in [0.29, 0.717) is 0 Å². The monoisotopic (exact) mass is 325 g/mol. The van der Waals surface area contributed by atoms with Crippen LogP contribution in [0.5, 0.6) is 0 Å². The number of furan rings is 1. The second-order valence-corrected chi connectivity index (χ2v) is 6.90. The third-order valence-electron chi connectivity index (χ3n) is 2.74. The molecule has 3 rings (SSSR count). The van der Waals surface area contributed by atoms with E-state index in [2.05, 4.69) is 22.4 Å². The maximum absolute atomic E-state index is 6.03. The lowest BCUT2D eigenvalue weighted by atomic mass is 10.2. The fourth-order valence-corrected chi connectivity index (χ4v) is 3.63. The van der Waals surface area contributed by atoms with E-state index in [1.807, 2.05) is 24.3 Å². The summed E-state index contributed by atoms with van der Waals surface area (Å²) in [5, 5.41) is 13.4. The van der Waals surface area contributed by atoms with Gasteiger partial charge in [-0.05, 0) is 30.7 Å². The number of thiophene rings is 1. The molecule has 104 valence electrons. The molecule has 20 heavy (non-hydrogen) atoms. The average molecular weight is 326 g/mol. The highest BCUT2D eigenvalue weighted by Gasteiger charge is 2.20. The first kappa shape index (κ1) is 13.6. The zero-order valence-corrected chi connectivity index (χ0v) is 13.1. The first-order valence-corrected chi connectivity index (χ1v) is 8.15. The Labute approximate surface area is 129 Å². The van der Waals surface area contributed by atoms with Gasteiger partial charge in [-0.25, -0.2) is 0 Å². The molecular weight excluding hydrogens is 314 g/mol. The normalized spacial score (nSPS) is 12.5. The zero-order valence-electron chi connectivity index (χ0n) is 10.7. The van der Waals surface area contributed by atoms with Crippen LogP contribution in [0.3, 0.4) is 0 Å². The number of hydrogen-bond acceptors (Lipinski definition) is 6. The fourth-order valence-electron chi connectivity index (χ4n) is 1.80. The number of aromatic nitrogens is 2. The molecular formula is C13H12ClN3OS2. The number of halogens is 1. The van der Waals surface area contributed by atoms with Gasteiger partial charge in [0.15, 0.2) is 0 Å². The molecule has 0 aromatic carbocycles. The van der Waals surface area contributed by atoms with Crippen LogP contribution < -0.4 is 5.32 Å². The van der Waals surface area contributed by atoms with E-state index in [4.69, 9.17) is 16.0 Å². The SMILES string of the molecule is CCc1nnc(NC(c2ccco2)c2ccc(Cl)s2)s1. The van der Waals surface area contributed by atoms with E-state index in [1.165, 1.54) is 11.3 Å². The Bertz CT molecular complexity index is 677. The lowest BCUT2D eigenvalue weighted by molar-refractivity contribution is 0.500. The summed E-state index contributed by atoms with van der Waals surface area (Å²) in [6.45, 7) is 2.06. The fraction of sp³-hybridized carbons (Fsp3) is 0.231. The second-order valence-electron chi connectivity index (χ2n) is 4.09. The molecule has 0 aliphatic carbocycles. The van der Waals surface area contributed by atoms with E-state index in [1.54, 1.807) is 17.6 Å². The zero-order chi connectivity index (χ0) is 13.9. The van der Waals surface area contributed by atoms with E-state index in [-0.39, 0.29) is 6.04 Å². The molecule has 3 aromatic rings. The van der Waals surface area contributed by atoms with Crippen LogP contribution in [0.4, 0.5) is 5.13 Å². The van der Waals surface area contributed by atoms with Gasteiger partial charge in [0.2, 0.25) is 5.13 Å². The Hall–Kier alpha value is -1.37. The topological polar surface area (TPSA) is 51.0 Å². The van der Waals surface area contributed by atoms with Gasteiger partial charge >= 0.3 is 0 Å². The number of aryl methyl sites for hydroxylation is 1. The van der Waals surface area contributed by atoms with Crippen molar-refractivity contribution in [2.24, 2.45) is 0 Å². The van der Waals surface area contributed by atoms with Gasteiger partial charge in [0.1, 0.15) is 16.8 Å². The van der Waals surface area contributed by atoms with E-state index in [0.717, 1.165) is 31.5 Å². The van der Waals surface area contributed by atoms with Gasteiger partial charge in [0.25, 0.3) is 0 Å². The third kappa shape index (κ3) is 2.87. The van der Waals surface area contributed by atoms with Crippen molar-refractivity contribution in [3.8, 4) is 0 Å². The smallest absolute Gasteiger partial charge is 0.206 e. The van der Waals surface area contributed by atoms with Gasteiger partial charge in [-0.15, -0.1) is 21.5 Å². The van der Waals surface area contributed by atoms with Crippen LogP contribution in [0.15, 0.2) is 34.9 Å². The molecule has 1 N–H and O–H groups in total. The van der Waals surface area contributed by atoms with Crippen LogP contribution >= 0.6 is 34.3 Å². The maximum Gasteiger partial charge on any atom is 0.206 e. The molecule has 4 nitrogen and oxygen atoms in total. The summed E-state index contributed by atoms with van der Waals surface area (Å²) in [5.74, 6) is 0.830. The Kier molecular flexibility index (Phi) is 4.05. The van der Waals surface area contributed by atoms with Crippen LogP contribution in [0.1, 0.15) is 28.6 Å². The predicted octanol–water partition coefficient (Wildman–Crippen LogP) is 4.61. The Morgan fingerprint density at radius 1 is 1.30 bits per heavy atom. The molecule has 1 unspecified atom stereocenters. The van der Waals surface area contributed by atoms with Crippen molar-refractivity contribution in [3.05, 3.63) is 50.5 Å². The molecule has 0 aliphatic heterocycles. The average Bonchev–Trinajstić information content (AvgIpc) is 3.17. The van der Waals surface area contributed by atoms with Crippen molar-refractivity contribution >= 4 is 39.4 Å². The van der Waals surface area contributed by atoms with E-state index < -0.39 is 0 Å². The van der Waals surface area contributed by atoms with Crippen LogP contribution in [-0.4, -0.2) is 10.2 Å². The number of hydrogen-bond donors (Lipinski definition) is 1. The van der Waals surface area contributed by atoms with Crippen LogP contribution in [0.2, 0.25) is 4.34 Å². The molecule has 0 radical (unpaired) electrons. The Morgan fingerprint density at radius 2 is 2.20 bits per heavy atom. The van der Waals surface area contributed by atoms with Gasteiger partial charge in [-0.2, -0.15) is 0 Å². The van der Waals surface area contributed by atoms with Crippen molar-refractivity contribution in [3.63, 3.8) is 0 Å².